The second kappa shape index (κ2) is 6.33. The molecule has 4 nitrogen and oxygen atoms in total. The van der Waals surface area contributed by atoms with Crippen LogP contribution in [0.1, 0.15) is 33.1 Å². The summed E-state index contributed by atoms with van der Waals surface area (Å²) in [4.78, 5) is 2.58. The van der Waals surface area contributed by atoms with Gasteiger partial charge >= 0.3 is 0 Å². The third-order valence-electron chi connectivity index (χ3n) is 4.70. The van der Waals surface area contributed by atoms with Crippen LogP contribution in [0.2, 0.25) is 0 Å². The molecule has 2 fully saturated rings. The Kier molecular flexibility index (Phi) is 5.01. The van der Waals surface area contributed by atoms with Crippen molar-refractivity contribution < 1.29 is 10.2 Å². The Morgan fingerprint density at radius 2 is 1.67 bits per heavy atom. The van der Waals surface area contributed by atoms with E-state index in [1.165, 1.54) is 19.3 Å². The van der Waals surface area contributed by atoms with Crippen molar-refractivity contribution in [2.75, 3.05) is 26.3 Å². The minimum atomic E-state index is -0.149. The Bertz CT molecular complexity index is 242. The fourth-order valence-corrected chi connectivity index (χ4v) is 3.60. The van der Waals surface area contributed by atoms with Crippen LogP contribution in [0.5, 0.6) is 0 Å². The van der Waals surface area contributed by atoms with Crippen LogP contribution in [-0.4, -0.2) is 59.5 Å². The number of hydrogen-bond acceptors (Lipinski definition) is 4. The molecule has 3 N–H and O–H groups in total. The third kappa shape index (κ3) is 3.05. The van der Waals surface area contributed by atoms with Crippen LogP contribution in [0.4, 0.5) is 0 Å². The Hall–Kier alpha value is -0.160. The van der Waals surface area contributed by atoms with Crippen LogP contribution in [0, 0.1) is 11.8 Å². The molecule has 4 heteroatoms. The standard InChI is InChI=1S/C14H28N2O2/c1-10(2)16-6-11-4-3-5-12(7-16)14(11)15-13(8-17)9-18/h10-15,17-18H,3-9H2,1-2H3. The van der Waals surface area contributed by atoms with Gasteiger partial charge < -0.3 is 20.4 Å². The lowest BCUT2D eigenvalue weighted by molar-refractivity contribution is 0.0166. The normalized spacial score (nSPS) is 33.3. The number of piperidine rings is 1. The SMILES string of the molecule is CC(C)N1CC2CCCC(C1)C2NC(CO)CO. The zero-order valence-corrected chi connectivity index (χ0v) is 11.7. The maximum atomic E-state index is 9.23. The summed E-state index contributed by atoms with van der Waals surface area (Å²) in [5, 5.41) is 21.9. The quantitative estimate of drug-likeness (QED) is 0.668. The first kappa shape index (κ1) is 14.3. The van der Waals surface area contributed by atoms with Gasteiger partial charge in [-0.3, -0.25) is 0 Å². The summed E-state index contributed by atoms with van der Waals surface area (Å²) in [5.41, 5.74) is 0. The predicted molar refractivity (Wildman–Crippen MR) is 72.4 cm³/mol. The van der Waals surface area contributed by atoms with Crippen LogP contribution in [-0.2, 0) is 0 Å². The van der Waals surface area contributed by atoms with Gasteiger partial charge in [-0.15, -0.1) is 0 Å². The molecule has 0 spiro atoms. The molecule has 1 aliphatic heterocycles. The summed E-state index contributed by atoms with van der Waals surface area (Å²) in [5.74, 6) is 1.36. The number of hydrogen-bond donors (Lipinski definition) is 3. The monoisotopic (exact) mass is 256 g/mol. The number of aliphatic hydroxyl groups is 2. The maximum Gasteiger partial charge on any atom is 0.0607 e. The molecule has 1 aliphatic carbocycles. The fourth-order valence-electron chi connectivity index (χ4n) is 3.60. The summed E-state index contributed by atoms with van der Waals surface area (Å²) < 4.78 is 0. The molecule has 0 amide bonds. The number of rotatable bonds is 5. The largest absolute Gasteiger partial charge is 0.395 e. The van der Waals surface area contributed by atoms with Crippen molar-refractivity contribution in [3.8, 4) is 0 Å². The highest BCUT2D eigenvalue weighted by molar-refractivity contribution is 4.96. The highest BCUT2D eigenvalue weighted by Gasteiger charge is 2.40. The summed E-state index contributed by atoms with van der Waals surface area (Å²) in [6.07, 6.45) is 3.89. The van der Waals surface area contributed by atoms with E-state index in [4.69, 9.17) is 0 Å². The average molecular weight is 256 g/mol. The lowest BCUT2D eigenvalue weighted by Gasteiger charge is -2.49. The minimum Gasteiger partial charge on any atom is -0.395 e. The topological polar surface area (TPSA) is 55.7 Å². The lowest BCUT2D eigenvalue weighted by Crippen LogP contribution is -2.60. The van der Waals surface area contributed by atoms with Crippen molar-refractivity contribution >= 4 is 0 Å². The molecule has 0 aromatic rings. The van der Waals surface area contributed by atoms with Gasteiger partial charge in [0.05, 0.1) is 19.3 Å². The van der Waals surface area contributed by atoms with Gasteiger partial charge in [0.25, 0.3) is 0 Å². The van der Waals surface area contributed by atoms with Crippen LogP contribution in [0.3, 0.4) is 0 Å². The Balaban J connectivity index is 1.99. The van der Waals surface area contributed by atoms with Crippen molar-refractivity contribution in [2.45, 2.75) is 51.2 Å². The number of fused-ring (bicyclic) bond motifs is 2. The minimum absolute atomic E-state index is 0.0281. The van der Waals surface area contributed by atoms with E-state index in [-0.39, 0.29) is 19.3 Å². The first-order valence-corrected chi connectivity index (χ1v) is 7.37. The van der Waals surface area contributed by atoms with E-state index in [2.05, 4.69) is 24.1 Å². The third-order valence-corrected chi connectivity index (χ3v) is 4.70. The summed E-state index contributed by atoms with van der Waals surface area (Å²) in [7, 11) is 0. The first-order chi connectivity index (χ1) is 8.65. The van der Waals surface area contributed by atoms with E-state index in [0.717, 1.165) is 13.1 Å². The highest BCUT2D eigenvalue weighted by atomic mass is 16.3. The van der Waals surface area contributed by atoms with Crippen molar-refractivity contribution in [2.24, 2.45) is 11.8 Å². The predicted octanol–water partition coefficient (Wildman–Crippen LogP) is 0.438. The molecule has 2 bridgehead atoms. The first-order valence-electron chi connectivity index (χ1n) is 7.37. The van der Waals surface area contributed by atoms with Gasteiger partial charge in [0.15, 0.2) is 0 Å². The van der Waals surface area contributed by atoms with Gasteiger partial charge in [-0.2, -0.15) is 0 Å². The highest BCUT2D eigenvalue weighted by Crippen LogP contribution is 2.35. The van der Waals surface area contributed by atoms with Crippen LogP contribution >= 0.6 is 0 Å². The van der Waals surface area contributed by atoms with Gasteiger partial charge in [-0.05, 0) is 38.5 Å². The fraction of sp³-hybridized carbons (Fsp3) is 1.00. The smallest absolute Gasteiger partial charge is 0.0607 e. The van der Waals surface area contributed by atoms with Crippen molar-refractivity contribution in [3.63, 3.8) is 0 Å². The van der Waals surface area contributed by atoms with Gasteiger partial charge in [0.1, 0.15) is 0 Å². The van der Waals surface area contributed by atoms with E-state index in [9.17, 15) is 10.2 Å². The van der Waals surface area contributed by atoms with Crippen LogP contribution < -0.4 is 5.32 Å². The molecule has 1 saturated carbocycles. The van der Waals surface area contributed by atoms with E-state index in [0.29, 0.717) is 23.9 Å². The molecule has 2 rings (SSSR count). The molecule has 2 atom stereocenters. The van der Waals surface area contributed by atoms with Gasteiger partial charge in [-0.1, -0.05) is 6.42 Å². The molecule has 18 heavy (non-hydrogen) atoms. The van der Waals surface area contributed by atoms with Crippen LogP contribution in [0.25, 0.3) is 0 Å². The van der Waals surface area contributed by atoms with Crippen molar-refractivity contribution in [3.05, 3.63) is 0 Å². The number of nitrogens with one attached hydrogen (secondary N) is 1. The van der Waals surface area contributed by atoms with Crippen LogP contribution in [0.15, 0.2) is 0 Å². The summed E-state index contributed by atoms with van der Waals surface area (Å²) in [6.45, 7) is 6.92. The number of aliphatic hydroxyl groups excluding tert-OH is 2. The molecular weight excluding hydrogens is 228 g/mol. The van der Waals surface area contributed by atoms with E-state index in [1.54, 1.807) is 0 Å². The Labute approximate surface area is 110 Å². The second-order valence-corrected chi connectivity index (χ2v) is 6.25. The zero-order chi connectivity index (χ0) is 13.1. The molecule has 0 aromatic carbocycles. The number of likely N-dealkylation sites (tertiary alicyclic amines) is 1. The average Bonchev–Trinajstić information content (AvgIpc) is 2.34. The summed E-state index contributed by atoms with van der Waals surface area (Å²) in [6, 6.07) is 0.960. The molecule has 1 saturated heterocycles. The molecule has 2 unspecified atom stereocenters. The van der Waals surface area contributed by atoms with Gasteiger partial charge in [0.2, 0.25) is 0 Å². The van der Waals surface area contributed by atoms with Gasteiger partial charge in [0, 0.05) is 25.2 Å². The molecule has 2 aliphatic rings. The second-order valence-electron chi connectivity index (χ2n) is 6.25. The maximum absolute atomic E-state index is 9.23. The zero-order valence-electron chi connectivity index (χ0n) is 11.7. The molecule has 1 heterocycles. The van der Waals surface area contributed by atoms with Crippen molar-refractivity contribution in [1.29, 1.82) is 0 Å². The number of nitrogens with zero attached hydrogens (tertiary/aromatic N) is 1. The molecule has 0 radical (unpaired) electrons. The molecular formula is C14H28N2O2. The molecule has 0 aromatic heterocycles. The van der Waals surface area contributed by atoms with Gasteiger partial charge in [-0.25, -0.2) is 0 Å². The van der Waals surface area contributed by atoms with E-state index < -0.39 is 0 Å². The lowest BCUT2D eigenvalue weighted by atomic mass is 9.73. The summed E-state index contributed by atoms with van der Waals surface area (Å²) >= 11 is 0. The Morgan fingerprint density at radius 1 is 1.11 bits per heavy atom. The van der Waals surface area contributed by atoms with E-state index >= 15 is 0 Å². The molecule has 106 valence electrons. The Morgan fingerprint density at radius 3 is 2.11 bits per heavy atom. The van der Waals surface area contributed by atoms with E-state index in [1.807, 2.05) is 0 Å². The van der Waals surface area contributed by atoms with Crippen molar-refractivity contribution in [1.82, 2.24) is 10.2 Å².